The van der Waals surface area contributed by atoms with Gasteiger partial charge in [0.1, 0.15) is 12.1 Å². The van der Waals surface area contributed by atoms with Crippen LogP contribution in [-0.2, 0) is 6.54 Å². The lowest BCUT2D eigenvalue weighted by Gasteiger charge is -2.34. The summed E-state index contributed by atoms with van der Waals surface area (Å²) in [5.41, 5.74) is 2.71. The van der Waals surface area contributed by atoms with Crippen molar-refractivity contribution >= 4 is 38.3 Å². The minimum Gasteiger partial charge on any atom is -0.490 e. The maximum atomic E-state index is 9.19. The molecule has 2 bridgehead atoms. The highest BCUT2D eigenvalue weighted by atomic mass is 79.9. The van der Waals surface area contributed by atoms with Crippen molar-refractivity contribution < 1.29 is 24.1 Å². The van der Waals surface area contributed by atoms with Crippen LogP contribution in [0.4, 0.5) is 11.5 Å². The van der Waals surface area contributed by atoms with Crippen LogP contribution in [0.5, 0.6) is 23.0 Å². The first kappa shape index (κ1) is 30.1. The minimum atomic E-state index is 0.172. The third kappa shape index (κ3) is 7.26. The van der Waals surface area contributed by atoms with Gasteiger partial charge in [-0.05, 0) is 72.9 Å². The number of β-amino-alcohol motifs (C(OH)–C–C–N with tert-alkyl or cyclic N) is 1. The van der Waals surface area contributed by atoms with Crippen LogP contribution in [0.25, 0.3) is 10.9 Å². The van der Waals surface area contributed by atoms with Gasteiger partial charge >= 0.3 is 0 Å². The van der Waals surface area contributed by atoms with Crippen LogP contribution in [-0.4, -0.2) is 109 Å². The quantitative estimate of drug-likeness (QED) is 0.357. The highest BCUT2D eigenvalue weighted by Gasteiger charge is 2.26. The molecule has 3 aromatic rings. The van der Waals surface area contributed by atoms with E-state index in [1.807, 2.05) is 12.1 Å². The molecule has 6 rings (SSSR count). The highest BCUT2D eigenvalue weighted by Crippen LogP contribution is 2.48. The number of nitrogens with one attached hydrogen (secondary N) is 1. The molecule has 2 aromatic carbocycles. The second-order valence-electron chi connectivity index (χ2n) is 11.4. The normalized spacial score (nSPS) is 18.5. The summed E-state index contributed by atoms with van der Waals surface area (Å²) in [7, 11) is 2.14. The van der Waals surface area contributed by atoms with Crippen LogP contribution in [0, 0.1) is 0 Å². The first-order chi connectivity index (χ1) is 21.1. The molecule has 3 aliphatic heterocycles. The Kier molecular flexibility index (Phi) is 9.99. The summed E-state index contributed by atoms with van der Waals surface area (Å²) in [6.45, 7) is 9.10. The maximum Gasteiger partial charge on any atom is 0.231 e. The molecule has 0 unspecified atom stereocenters. The SMILES string of the molecule is CN1CCCCCOc2cc3c(ncnc3cc2OCCCN2CCN(CCO)CC2)Nc2c(cc(Br)c3c2OCO3)C1. The van der Waals surface area contributed by atoms with Crippen LogP contribution in [0.2, 0.25) is 0 Å². The lowest BCUT2D eigenvalue weighted by Crippen LogP contribution is -2.47. The third-order valence-corrected chi connectivity index (χ3v) is 8.85. The molecule has 1 saturated heterocycles. The molecule has 0 aliphatic carbocycles. The van der Waals surface area contributed by atoms with E-state index in [1.165, 1.54) is 0 Å². The predicted molar refractivity (Wildman–Crippen MR) is 169 cm³/mol. The minimum absolute atomic E-state index is 0.172. The zero-order valence-corrected chi connectivity index (χ0v) is 26.4. The monoisotopic (exact) mass is 656 g/mol. The molecule has 11 nitrogen and oxygen atoms in total. The number of hydrogen-bond donors (Lipinski definition) is 2. The number of rotatable bonds is 7. The maximum absolute atomic E-state index is 9.19. The molecule has 43 heavy (non-hydrogen) atoms. The summed E-state index contributed by atoms with van der Waals surface area (Å²) < 4.78 is 25.3. The number of hydrogen-bond acceptors (Lipinski definition) is 11. The third-order valence-electron chi connectivity index (χ3n) is 8.26. The van der Waals surface area contributed by atoms with Gasteiger partial charge in [-0.1, -0.05) is 0 Å². The molecule has 232 valence electrons. The Hall–Kier alpha value is -2.90. The average molecular weight is 658 g/mol. The van der Waals surface area contributed by atoms with E-state index in [4.69, 9.17) is 18.9 Å². The zero-order valence-electron chi connectivity index (χ0n) is 24.8. The highest BCUT2D eigenvalue weighted by molar-refractivity contribution is 9.10. The molecule has 4 heterocycles. The van der Waals surface area contributed by atoms with E-state index in [9.17, 15) is 5.11 Å². The second-order valence-corrected chi connectivity index (χ2v) is 12.2. The molecule has 0 saturated carbocycles. The van der Waals surface area contributed by atoms with Gasteiger partial charge in [0.05, 0.1) is 35.5 Å². The average Bonchev–Trinajstić information content (AvgIpc) is 3.50. The number of aromatic nitrogens is 2. The standard InChI is InChI=1S/C31H41BrN6O5/c1-36-6-3-2-4-14-40-26-17-23-25(18-27(26)41-15-5-7-37-8-10-38(11-9-37)12-13-39)33-20-34-31(23)35-28-22(19-36)16-24(32)29-30(28)43-21-42-29/h16-18,20,39H,2-15,19,21H2,1H3,(H,33,34,35). The molecule has 0 atom stereocenters. The number of ether oxygens (including phenoxy) is 4. The molecule has 3 aliphatic rings. The van der Waals surface area contributed by atoms with Gasteiger partial charge in [-0.15, -0.1) is 0 Å². The lowest BCUT2D eigenvalue weighted by atomic mass is 10.1. The fourth-order valence-electron chi connectivity index (χ4n) is 5.91. The van der Waals surface area contributed by atoms with Crippen LogP contribution in [0.15, 0.2) is 29.0 Å². The van der Waals surface area contributed by atoms with Crippen LogP contribution >= 0.6 is 15.9 Å². The molecule has 1 fully saturated rings. The Balaban J connectivity index is 1.24. The van der Waals surface area contributed by atoms with Crippen molar-refractivity contribution in [2.24, 2.45) is 0 Å². The van der Waals surface area contributed by atoms with E-state index in [0.717, 1.165) is 105 Å². The van der Waals surface area contributed by atoms with Crippen molar-refractivity contribution in [3.8, 4) is 23.0 Å². The molecular formula is C31H41BrN6O5. The van der Waals surface area contributed by atoms with Crippen molar-refractivity contribution in [2.45, 2.75) is 32.2 Å². The van der Waals surface area contributed by atoms with E-state index in [-0.39, 0.29) is 13.4 Å². The van der Waals surface area contributed by atoms with Crippen molar-refractivity contribution in [2.75, 3.05) is 84.8 Å². The Morgan fingerprint density at radius 2 is 1.77 bits per heavy atom. The fraction of sp³-hybridized carbons (Fsp3) is 0.548. The number of halogens is 1. The Morgan fingerprint density at radius 1 is 0.953 bits per heavy atom. The summed E-state index contributed by atoms with van der Waals surface area (Å²) in [6.07, 6.45) is 5.61. The van der Waals surface area contributed by atoms with E-state index < -0.39 is 0 Å². The number of aliphatic hydroxyl groups excluding tert-OH is 1. The largest absolute Gasteiger partial charge is 0.490 e. The molecule has 0 amide bonds. The summed E-state index contributed by atoms with van der Waals surface area (Å²) in [5.74, 6) is 3.45. The molecular weight excluding hydrogens is 616 g/mol. The fourth-order valence-corrected chi connectivity index (χ4v) is 6.48. The Morgan fingerprint density at radius 3 is 2.60 bits per heavy atom. The van der Waals surface area contributed by atoms with E-state index in [1.54, 1.807) is 6.33 Å². The zero-order chi connectivity index (χ0) is 29.6. The number of fused-ring (bicyclic) bond motifs is 4. The van der Waals surface area contributed by atoms with E-state index in [2.05, 4.69) is 59.0 Å². The summed E-state index contributed by atoms with van der Waals surface area (Å²) in [6, 6.07) is 6.06. The Bertz CT molecular complexity index is 1400. The van der Waals surface area contributed by atoms with Gasteiger partial charge in [0.15, 0.2) is 23.0 Å². The van der Waals surface area contributed by atoms with Gasteiger partial charge in [0.25, 0.3) is 0 Å². The van der Waals surface area contributed by atoms with Gasteiger partial charge in [0, 0.05) is 57.3 Å². The second kappa shape index (κ2) is 14.3. The summed E-state index contributed by atoms with van der Waals surface area (Å²) in [5, 5.41) is 13.6. The van der Waals surface area contributed by atoms with Gasteiger partial charge in [0.2, 0.25) is 6.79 Å². The topological polar surface area (TPSA) is 105 Å². The first-order valence-electron chi connectivity index (χ1n) is 15.3. The summed E-state index contributed by atoms with van der Waals surface area (Å²) >= 11 is 3.67. The molecule has 12 heteroatoms. The molecule has 0 spiro atoms. The van der Waals surface area contributed by atoms with Gasteiger partial charge in [-0.25, -0.2) is 9.97 Å². The van der Waals surface area contributed by atoms with E-state index >= 15 is 0 Å². The predicted octanol–water partition coefficient (Wildman–Crippen LogP) is 4.24. The van der Waals surface area contributed by atoms with Gasteiger partial charge in [-0.2, -0.15) is 0 Å². The molecule has 2 N–H and O–H groups in total. The number of benzene rings is 2. The van der Waals surface area contributed by atoms with E-state index in [0.29, 0.717) is 42.0 Å². The lowest BCUT2D eigenvalue weighted by molar-refractivity contribution is 0.108. The number of aliphatic hydroxyl groups is 1. The van der Waals surface area contributed by atoms with Gasteiger partial charge < -0.3 is 39.2 Å². The van der Waals surface area contributed by atoms with Crippen molar-refractivity contribution in [1.82, 2.24) is 24.7 Å². The summed E-state index contributed by atoms with van der Waals surface area (Å²) in [4.78, 5) is 16.3. The Labute approximate surface area is 261 Å². The van der Waals surface area contributed by atoms with Gasteiger partial charge in [-0.3, -0.25) is 4.90 Å². The van der Waals surface area contributed by atoms with Crippen molar-refractivity contribution in [3.63, 3.8) is 0 Å². The molecule has 1 aromatic heterocycles. The number of piperazine rings is 1. The van der Waals surface area contributed by atoms with Crippen LogP contribution in [0.3, 0.4) is 0 Å². The van der Waals surface area contributed by atoms with Crippen LogP contribution in [0.1, 0.15) is 31.2 Å². The molecule has 0 radical (unpaired) electrons. The number of nitrogens with zero attached hydrogens (tertiary/aromatic N) is 5. The first-order valence-corrected chi connectivity index (χ1v) is 16.0. The smallest absolute Gasteiger partial charge is 0.231 e. The van der Waals surface area contributed by atoms with Crippen LogP contribution < -0.4 is 24.3 Å². The number of anilines is 2. The van der Waals surface area contributed by atoms with Crippen molar-refractivity contribution in [3.05, 3.63) is 34.6 Å². The van der Waals surface area contributed by atoms with Crippen molar-refractivity contribution in [1.29, 1.82) is 0 Å².